The van der Waals surface area contributed by atoms with E-state index in [1.165, 1.54) is 28.7 Å². The largest absolute Gasteiger partial charge is 0.332 e. The Hall–Kier alpha value is -3.98. The van der Waals surface area contributed by atoms with Gasteiger partial charge >= 0.3 is 0 Å². The van der Waals surface area contributed by atoms with Gasteiger partial charge in [-0.3, -0.25) is 4.79 Å². The van der Waals surface area contributed by atoms with Crippen LogP contribution in [-0.2, 0) is 4.79 Å². The molecule has 5 nitrogen and oxygen atoms in total. The molecule has 0 aliphatic heterocycles. The lowest BCUT2D eigenvalue weighted by molar-refractivity contribution is -0.115. The first-order valence-corrected chi connectivity index (χ1v) is 14.5. The summed E-state index contributed by atoms with van der Waals surface area (Å²) in [7, 11) is 0. The predicted molar refractivity (Wildman–Crippen MR) is 169 cm³/mol. The molecular formula is C31H26N4OS3. The van der Waals surface area contributed by atoms with Crippen molar-refractivity contribution in [3.05, 3.63) is 126 Å². The van der Waals surface area contributed by atoms with Gasteiger partial charge in [0.05, 0.1) is 5.69 Å². The Labute approximate surface area is 241 Å². The van der Waals surface area contributed by atoms with Crippen LogP contribution in [0.15, 0.2) is 119 Å². The Morgan fingerprint density at radius 3 is 2.08 bits per heavy atom. The molecule has 0 saturated heterocycles. The van der Waals surface area contributed by atoms with Crippen LogP contribution in [0.25, 0.3) is 11.3 Å². The van der Waals surface area contributed by atoms with E-state index in [2.05, 4.69) is 40.0 Å². The van der Waals surface area contributed by atoms with Crippen molar-refractivity contribution in [2.45, 2.75) is 17.1 Å². The molecule has 1 heterocycles. The Bertz CT molecular complexity index is 1540. The van der Waals surface area contributed by atoms with Crippen LogP contribution in [-0.4, -0.2) is 16.0 Å². The summed E-state index contributed by atoms with van der Waals surface area (Å²) < 4.78 is 0. The van der Waals surface area contributed by atoms with E-state index in [-0.39, 0.29) is 5.91 Å². The smallest absolute Gasteiger partial charge is 0.244 e. The molecule has 1 unspecified atom stereocenters. The lowest BCUT2D eigenvalue weighted by atomic mass is 10.1. The van der Waals surface area contributed by atoms with Crippen molar-refractivity contribution in [1.29, 1.82) is 0 Å². The van der Waals surface area contributed by atoms with E-state index in [4.69, 9.17) is 12.2 Å². The standard InChI is InChI=1S/C31H26N4OS3/c1-21-12-14-22(15-13-21)27-20-38-31(34-27)35-29(36)28(23-8-4-2-5-9-23)39-26-18-16-25(17-19-26)33-30(37)32-24-10-6-3-7-11-24/h2-20,28H,1H3,(H2,32,33,37)(H,34,35,36). The summed E-state index contributed by atoms with van der Waals surface area (Å²) in [5, 5.41) is 12.0. The van der Waals surface area contributed by atoms with E-state index >= 15 is 0 Å². The number of thiocarbonyl (C=S) groups is 1. The zero-order chi connectivity index (χ0) is 27.0. The normalized spacial score (nSPS) is 11.4. The van der Waals surface area contributed by atoms with Gasteiger partial charge < -0.3 is 16.0 Å². The van der Waals surface area contributed by atoms with Crippen molar-refractivity contribution in [2.75, 3.05) is 16.0 Å². The molecule has 5 aromatic rings. The lowest BCUT2D eigenvalue weighted by Crippen LogP contribution is -2.19. The third-order valence-corrected chi connectivity index (χ3v) is 8.05. The highest BCUT2D eigenvalue weighted by Crippen LogP contribution is 2.37. The zero-order valence-corrected chi connectivity index (χ0v) is 23.6. The Morgan fingerprint density at radius 1 is 0.795 bits per heavy atom. The van der Waals surface area contributed by atoms with Gasteiger partial charge in [-0.2, -0.15) is 0 Å². The number of amides is 1. The van der Waals surface area contributed by atoms with Crippen LogP contribution in [0.2, 0.25) is 0 Å². The number of carbonyl (C=O) groups excluding carboxylic acids is 1. The summed E-state index contributed by atoms with van der Waals surface area (Å²) in [4.78, 5) is 19.1. The summed E-state index contributed by atoms with van der Waals surface area (Å²) >= 11 is 8.35. The number of thioether (sulfide) groups is 1. The molecule has 0 spiro atoms. The van der Waals surface area contributed by atoms with Crippen LogP contribution < -0.4 is 16.0 Å². The summed E-state index contributed by atoms with van der Waals surface area (Å²) in [5.74, 6) is -0.119. The van der Waals surface area contributed by atoms with Gasteiger partial charge in [0.15, 0.2) is 10.2 Å². The molecule has 0 aliphatic rings. The fraction of sp³-hybridized carbons (Fsp3) is 0.0645. The molecular weight excluding hydrogens is 541 g/mol. The average Bonchev–Trinajstić information content (AvgIpc) is 3.42. The number of hydrogen-bond donors (Lipinski definition) is 3. The van der Waals surface area contributed by atoms with E-state index in [1.54, 1.807) is 0 Å². The van der Waals surface area contributed by atoms with Gasteiger partial charge in [-0.05, 0) is 61.1 Å². The van der Waals surface area contributed by atoms with Gasteiger partial charge in [0.25, 0.3) is 0 Å². The van der Waals surface area contributed by atoms with Crippen LogP contribution in [0.1, 0.15) is 16.4 Å². The van der Waals surface area contributed by atoms with Crippen molar-refractivity contribution in [3.63, 3.8) is 0 Å². The third kappa shape index (κ3) is 7.32. The summed E-state index contributed by atoms with van der Waals surface area (Å²) in [6.07, 6.45) is 0. The maximum Gasteiger partial charge on any atom is 0.244 e. The fourth-order valence-corrected chi connectivity index (χ4v) is 5.81. The molecule has 4 aromatic carbocycles. The van der Waals surface area contributed by atoms with Crippen molar-refractivity contribution in [1.82, 2.24) is 4.98 Å². The number of aryl methyl sites for hydroxylation is 1. The van der Waals surface area contributed by atoms with Crippen LogP contribution in [0.4, 0.5) is 16.5 Å². The van der Waals surface area contributed by atoms with Crippen molar-refractivity contribution < 1.29 is 4.79 Å². The molecule has 5 rings (SSSR count). The minimum atomic E-state index is -0.447. The van der Waals surface area contributed by atoms with E-state index in [0.717, 1.165) is 33.1 Å². The number of anilines is 3. The molecule has 1 atom stereocenters. The Balaban J connectivity index is 1.26. The fourth-order valence-electron chi connectivity index (χ4n) is 3.83. The molecule has 39 heavy (non-hydrogen) atoms. The third-order valence-electron chi connectivity index (χ3n) is 5.82. The number of hydrogen-bond acceptors (Lipinski definition) is 5. The Kier molecular flexibility index (Phi) is 8.68. The molecule has 0 fully saturated rings. The first-order chi connectivity index (χ1) is 19.0. The zero-order valence-electron chi connectivity index (χ0n) is 21.1. The Morgan fingerprint density at radius 2 is 1.41 bits per heavy atom. The first-order valence-electron chi connectivity index (χ1n) is 12.3. The molecule has 0 radical (unpaired) electrons. The summed E-state index contributed by atoms with van der Waals surface area (Å²) in [6, 6.07) is 35.6. The van der Waals surface area contributed by atoms with E-state index in [9.17, 15) is 4.79 Å². The van der Waals surface area contributed by atoms with Crippen molar-refractivity contribution in [3.8, 4) is 11.3 Å². The summed E-state index contributed by atoms with van der Waals surface area (Å²) in [5.41, 5.74) is 5.77. The number of rotatable bonds is 8. The second kappa shape index (κ2) is 12.7. The second-order valence-electron chi connectivity index (χ2n) is 8.77. The van der Waals surface area contributed by atoms with Crippen molar-refractivity contribution in [2.24, 2.45) is 0 Å². The monoisotopic (exact) mass is 566 g/mol. The highest BCUT2D eigenvalue weighted by Gasteiger charge is 2.23. The van der Waals surface area contributed by atoms with Crippen LogP contribution in [0.5, 0.6) is 0 Å². The van der Waals surface area contributed by atoms with E-state index in [1.807, 2.05) is 102 Å². The van der Waals surface area contributed by atoms with Crippen LogP contribution >= 0.6 is 35.3 Å². The predicted octanol–water partition coefficient (Wildman–Crippen LogP) is 8.40. The van der Waals surface area contributed by atoms with Gasteiger partial charge in [-0.15, -0.1) is 23.1 Å². The minimum Gasteiger partial charge on any atom is -0.332 e. The highest BCUT2D eigenvalue weighted by atomic mass is 32.2. The first kappa shape index (κ1) is 26.6. The van der Waals surface area contributed by atoms with Gasteiger partial charge in [0, 0.05) is 27.2 Å². The molecule has 0 bridgehead atoms. The SMILES string of the molecule is Cc1ccc(-c2csc(NC(=O)C(Sc3ccc(NC(=S)Nc4ccccc4)cc3)c3ccccc3)n2)cc1. The summed E-state index contributed by atoms with van der Waals surface area (Å²) in [6.45, 7) is 2.06. The average molecular weight is 567 g/mol. The molecule has 1 aromatic heterocycles. The molecule has 0 aliphatic carbocycles. The topological polar surface area (TPSA) is 66.1 Å². The molecule has 8 heteroatoms. The molecule has 0 saturated carbocycles. The van der Waals surface area contributed by atoms with Crippen LogP contribution in [0.3, 0.4) is 0 Å². The number of aromatic nitrogens is 1. The number of para-hydroxylation sites is 1. The van der Waals surface area contributed by atoms with Gasteiger partial charge in [-0.1, -0.05) is 78.4 Å². The van der Waals surface area contributed by atoms with Crippen molar-refractivity contribution >= 4 is 62.8 Å². The number of benzene rings is 4. The number of nitrogens with zero attached hydrogens (tertiary/aromatic N) is 1. The second-order valence-corrected chi connectivity index (χ2v) is 11.2. The maximum absolute atomic E-state index is 13.5. The van der Waals surface area contributed by atoms with E-state index < -0.39 is 5.25 Å². The highest BCUT2D eigenvalue weighted by molar-refractivity contribution is 8.00. The van der Waals surface area contributed by atoms with Gasteiger partial charge in [-0.25, -0.2) is 4.98 Å². The van der Waals surface area contributed by atoms with E-state index in [0.29, 0.717) is 10.2 Å². The number of nitrogens with one attached hydrogen (secondary N) is 3. The molecule has 194 valence electrons. The maximum atomic E-state index is 13.5. The molecule has 3 N–H and O–H groups in total. The number of carbonyl (C=O) groups is 1. The van der Waals surface area contributed by atoms with Gasteiger partial charge in [0.1, 0.15) is 5.25 Å². The van der Waals surface area contributed by atoms with Gasteiger partial charge in [0.2, 0.25) is 5.91 Å². The lowest BCUT2D eigenvalue weighted by Gasteiger charge is -2.17. The quantitative estimate of drug-likeness (QED) is 0.129. The number of thiazole rings is 1. The molecule has 1 amide bonds. The van der Waals surface area contributed by atoms with Crippen LogP contribution in [0, 0.1) is 6.92 Å². The minimum absolute atomic E-state index is 0.119.